The summed E-state index contributed by atoms with van der Waals surface area (Å²) in [5.41, 5.74) is 6.15. The first-order chi connectivity index (χ1) is 9.71. The highest BCUT2D eigenvalue weighted by molar-refractivity contribution is 6.28. The molecule has 0 amide bonds. The van der Waals surface area contributed by atoms with Gasteiger partial charge < -0.3 is 20.5 Å². The third-order valence-electron chi connectivity index (χ3n) is 2.27. The summed E-state index contributed by atoms with van der Waals surface area (Å²) >= 11 is 5.76. The fourth-order valence-electron chi connectivity index (χ4n) is 1.42. The number of hydrogen-bond donors (Lipinski definition) is 2. The van der Waals surface area contributed by atoms with Crippen LogP contribution >= 0.6 is 11.6 Å². The van der Waals surface area contributed by atoms with Crippen molar-refractivity contribution in [3.05, 3.63) is 29.5 Å². The fourth-order valence-corrected chi connectivity index (χ4v) is 1.57. The van der Waals surface area contributed by atoms with Gasteiger partial charge in [0.05, 0.1) is 7.11 Å². The summed E-state index contributed by atoms with van der Waals surface area (Å²) in [7, 11) is 1.46. The smallest absolute Gasteiger partial charge is 0.322 e. The highest BCUT2D eigenvalue weighted by atomic mass is 35.5. The molecule has 1 heterocycles. The van der Waals surface area contributed by atoms with Crippen LogP contribution in [-0.4, -0.2) is 35.2 Å². The molecule has 106 valence electrons. The minimum absolute atomic E-state index is 0.0576. The molecule has 0 saturated heterocycles. The number of nitrogens with one attached hydrogen (secondary N) is 1. The summed E-state index contributed by atoms with van der Waals surface area (Å²) in [6.07, 6.45) is 0. The Bertz CT molecular complexity index is 564. The van der Waals surface area contributed by atoms with Gasteiger partial charge in [0.25, 0.3) is 0 Å². The number of anilines is 2. The van der Waals surface area contributed by atoms with Crippen LogP contribution in [0, 0.1) is 0 Å². The van der Waals surface area contributed by atoms with E-state index in [0.29, 0.717) is 19.1 Å². The Hall–Kier alpha value is -2.12. The van der Waals surface area contributed by atoms with Crippen LogP contribution < -0.4 is 20.5 Å². The average molecular weight is 296 g/mol. The van der Waals surface area contributed by atoms with Gasteiger partial charge in [0, 0.05) is 12.2 Å². The largest absolute Gasteiger partial charge is 0.492 e. The van der Waals surface area contributed by atoms with E-state index in [9.17, 15) is 0 Å². The van der Waals surface area contributed by atoms with Gasteiger partial charge in [-0.15, -0.1) is 0 Å². The van der Waals surface area contributed by atoms with Crippen molar-refractivity contribution in [2.75, 3.05) is 25.6 Å². The van der Waals surface area contributed by atoms with E-state index in [4.69, 9.17) is 26.8 Å². The maximum Gasteiger partial charge on any atom is 0.322 e. The number of nitrogens with two attached hydrogens (primary N) is 1. The van der Waals surface area contributed by atoms with Crippen molar-refractivity contribution >= 4 is 23.2 Å². The molecule has 0 unspecified atom stereocenters. The lowest BCUT2D eigenvalue weighted by Gasteiger charge is -2.08. The highest BCUT2D eigenvalue weighted by Gasteiger charge is 2.05. The molecule has 20 heavy (non-hydrogen) atoms. The third-order valence-corrected chi connectivity index (χ3v) is 2.44. The first-order valence-electron chi connectivity index (χ1n) is 5.87. The number of aromatic nitrogens is 3. The Morgan fingerprint density at radius 2 is 1.95 bits per heavy atom. The molecule has 0 atom stereocenters. The van der Waals surface area contributed by atoms with E-state index in [1.54, 1.807) is 0 Å². The number of rotatable bonds is 6. The molecule has 3 N–H and O–H groups in total. The van der Waals surface area contributed by atoms with Crippen molar-refractivity contribution in [3.63, 3.8) is 0 Å². The highest BCUT2D eigenvalue weighted by Crippen LogP contribution is 2.19. The molecule has 0 aliphatic rings. The molecule has 1 aromatic heterocycles. The molecule has 7 nitrogen and oxygen atoms in total. The van der Waals surface area contributed by atoms with Crippen molar-refractivity contribution in [1.29, 1.82) is 0 Å². The predicted molar refractivity (Wildman–Crippen MR) is 75.7 cm³/mol. The standard InChI is InChI=1S/C12H14ClN5O2/c1-19-12-17-10(13)16-11(18-12)15-8-2-4-9(5-3-8)20-7-6-14/h2-5H,6-7,14H2,1H3,(H,15,16,17,18). The van der Waals surface area contributed by atoms with Gasteiger partial charge in [-0.2, -0.15) is 15.0 Å². The zero-order valence-corrected chi connectivity index (χ0v) is 11.6. The summed E-state index contributed by atoms with van der Waals surface area (Å²) in [4.78, 5) is 11.8. The molecular formula is C12H14ClN5O2. The average Bonchev–Trinajstić information content (AvgIpc) is 2.46. The van der Waals surface area contributed by atoms with Crippen LogP contribution in [0.4, 0.5) is 11.6 Å². The Morgan fingerprint density at radius 3 is 2.60 bits per heavy atom. The second-order valence-corrected chi connectivity index (χ2v) is 4.04. The van der Waals surface area contributed by atoms with Crippen LogP contribution in [0.3, 0.4) is 0 Å². The molecule has 0 aliphatic heterocycles. The van der Waals surface area contributed by atoms with Gasteiger partial charge >= 0.3 is 6.01 Å². The first kappa shape index (κ1) is 14.3. The van der Waals surface area contributed by atoms with Crippen molar-refractivity contribution in [1.82, 2.24) is 15.0 Å². The molecule has 8 heteroatoms. The second-order valence-electron chi connectivity index (χ2n) is 3.70. The first-order valence-corrected chi connectivity index (χ1v) is 6.24. The molecule has 1 aromatic carbocycles. The molecule has 0 spiro atoms. The lowest BCUT2D eigenvalue weighted by Crippen LogP contribution is -2.10. The van der Waals surface area contributed by atoms with Crippen molar-refractivity contribution < 1.29 is 9.47 Å². The molecule has 0 aliphatic carbocycles. The number of benzene rings is 1. The van der Waals surface area contributed by atoms with Crippen LogP contribution in [0.5, 0.6) is 11.8 Å². The molecule has 0 fully saturated rings. The summed E-state index contributed by atoms with van der Waals surface area (Å²) in [5, 5.41) is 3.05. The van der Waals surface area contributed by atoms with Crippen molar-refractivity contribution in [3.8, 4) is 11.8 Å². The number of methoxy groups -OCH3 is 1. The lowest BCUT2D eigenvalue weighted by molar-refractivity contribution is 0.328. The van der Waals surface area contributed by atoms with E-state index < -0.39 is 0 Å². The topological polar surface area (TPSA) is 95.2 Å². The molecule has 0 bridgehead atoms. The van der Waals surface area contributed by atoms with E-state index in [-0.39, 0.29) is 11.3 Å². The summed E-state index contributed by atoms with van der Waals surface area (Å²) in [5.74, 6) is 1.05. The van der Waals surface area contributed by atoms with Crippen molar-refractivity contribution in [2.45, 2.75) is 0 Å². The quantitative estimate of drug-likeness (QED) is 0.836. The third kappa shape index (κ3) is 3.94. The van der Waals surface area contributed by atoms with Crippen LogP contribution in [0.15, 0.2) is 24.3 Å². The van der Waals surface area contributed by atoms with E-state index in [1.807, 2.05) is 24.3 Å². The van der Waals surface area contributed by atoms with E-state index >= 15 is 0 Å². The van der Waals surface area contributed by atoms with Gasteiger partial charge in [-0.25, -0.2) is 0 Å². The summed E-state index contributed by atoms with van der Waals surface area (Å²) in [6.45, 7) is 0.955. The zero-order chi connectivity index (χ0) is 14.4. The minimum Gasteiger partial charge on any atom is -0.492 e. The SMILES string of the molecule is COc1nc(Cl)nc(Nc2ccc(OCCN)cc2)n1. The van der Waals surface area contributed by atoms with Crippen LogP contribution in [0.1, 0.15) is 0 Å². The number of hydrogen-bond acceptors (Lipinski definition) is 7. The molecular weight excluding hydrogens is 282 g/mol. The van der Waals surface area contributed by atoms with Crippen LogP contribution in [-0.2, 0) is 0 Å². The minimum atomic E-state index is 0.0576. The monoisotopic (exact) mass is 295 g/mol. The van der Waals surface area contributed by atoms with Gasteiger partial charge in [-0.3, -0.25) is 0 Å². The van der Waals surface area contributed by atoms with E-state index in [1.165, 1.54) is 7.11 Å². The van der Waals surface area contributed by atoms with Crippen LogP contribution in [0.25, 0.3) is 0 Å². The molecule has 0 radical (unpaired) electrons. The maximum absolute atomic E-state index is 5.76. The lowest BCUT2D eigenvalue weighted by atomic mass is 10.3. The Balaban J connectivity index is 2.07. The van der Waals surface area contributed by atoms with Gasteiger partial charge in [-0.1, -0.05) is 0 Å². The number of halogens is 1. The summed E-state index contributed by atoms with van der Waals surface area (Å²) < 4.78 is 10.3. The maximum atomic E-state index is 5.76. The Labute approximate surface area is 121 Å². The fraction of sp³-hybridized carbons (Fsp3) is 0.250. The number of ether oxygens (including phenoxy) is 2. The van der Waals surface area contributed by atoms with E-state index in [0.717, 1.165) is 11.4 Å². The van der Waals surface area contributed by atoms with Gasteiger partial charge in [-0.05, 0) is 35.9 Å². The van der Waals surface area contributed by atoms with Gasteiger partial charge in [0.1, 0.15) is 12.4 Å². The molecule has 2 aromatic rings. The molecule has 0 saturated carbocycles. The molecule has 2 rings (SSSR count). The second kappa shape index (κ2) is 6.88. The van der Waals surface area contributed by atoms with Gasteiger partial charge in [0.2, 0.25) is 11.2 Å². The zero-order valence-electron chi connectivity index (χ0n) is 10.8. The van der Waals surface area contributed by atoms with E-state index in [2.05, 4.69) is 20.3 Å². The van der Waals surface area contributed by atoms with Crippen molar-refractivity contribution in [2.24, 2.45) is 5.73 Å². The van der Waals surface area contributed by atoms with Gasteiger partial charge in [0.15, 0.2) is 0 Å². The normalized spacial score (nSPS) is 10.2. The van der Waals surface area contributed by atoms with Crippen LogP contribution in [0.2, 0.25) is 5.28 Å². The Kier molecular flexibility index (Phi) is 4.91. The predicted octanol–water partition coefficient (Wildman–Crippen LogP) is 1.61. The summed E-state index contributed by atoms with van der Waals surface area (Å²) in [6, 6.07) is 7.44. The number of nitrogens with zero attached hydrogens (tertiary/aromatic N) is 3. The Morgan fingerprint density at radius 1 is 1.20 bits per heavy atom.